The Morgan fingerprint density at radius 1 is 1.60 bits per heavy atom. The van der Waals surface area contributed by atoms with Gasteiger partial charge in [-0.1, -0.05) is 0 Å². The summed E-state index contributed by atoms with van der Waals surface area (Å²) >= 11 is 6.79. The predicted molar refractivity (Wildman–Crippen MR) is 67.8 cm³/mol. The molecule has 0 aliphatic carbocycles. The quantitative estimate of drug-likeness (QED) is 0.508. The number of halogens is 2. The topological polar surface area (TPSA) is 50.9 Å². The van der Waals surface area contributed by atoms with Gasteiger partial charge in [-0.2, -0.15) is 0 Å². The molecule has 3 nitrogen and oxygen atoms in total. The van der Waals surface area contributed by atoms with Crippen LogP contribution in [0.4, 0.5) is 0 Å². The zero-order valence-electron chi connectivity index (χ0n) is 8.22. The molecule has 0 saturated heterocycles. The lowest BCUT2D eigenvalue weighted by Crippen LogP contribution is -2.28. The minimum Gasteiger partial charge on any atom is -0.271 e. The molecule has 1 aromatic rings. The fourth-order valence-electron chi connectivity index (χ4n) is 1.12. The normalized spacial score (nSPS) is 11.7. The van der Waals surface area contributed by atoms with E-state index >= 15 is 0 Å². The molecule has 5 heteroatoms. The molecule has 0 fully saturated rings. The van der Waals surface area contributed by atoms with E-state index in [1.54, 1.807) is 13.1 Å². The highest BCUT2D eigenvalue weighted by Gasteiger charge is 2.13. The highest BCUT2D eigenvalue weighted by molar-refractivity contribution is 9.11. The number of hydrazine groups is 1. The Morgan fingerprint density at radius 3 is 2.87 bits per heavy atom. The highest BCUT2D eigenvalue weighted by Crippen LogP contribution is 2.25. The zero-order chi connectivity index (χ0) is 11.3. The van der Waals surface area contributed by atoms with Crippen molar-refractivity contribution in [3.8, 4) is 11.8 Å². The lowest BCUT2D eigenvalue weighted by atomic mass is 10.1. The molecule has 15 heavy (non-hydrogen) atoms. The third-order valence-corrected chi connectivity index (χ3v) is 2.92. The summed E-state index contributed by atoms with van der Waals surface area (Å²) in [5, 5.41) is 0. The van der Waals surface area contributed by atoms with Crippen molar-refractivity contribution in [2.45, 2.75) is 19.4 Å². The summed E-state index contributed by atoms with van der Waals surface area (Å²) in [4.78, 5) is 4.30. The van der Waals surface area contributed by atoms with Crippen molar-refractivity contribution in [2.75, 3.05) is 0 Å². The fourth-order valence-corrected chi connectivity index (χ4v) is 2.38. The summed E-state index contributed by atoms with van der Waals surface area (Å²) in [7, 11) is 0. The molecular weight excluding hydrogens is 322 g/mol. The largest absolute Gasteiger partial charge is 0.271 e. The molecule has 0 aromatic carbocycles. The van der Waals surface area contributed by atoms with E-state index in [2.05, 4.69) is 54.1 Å². The van der Waals surface area contributed by atoms with Crippen LogP contribution in [-0.4, -0.2) is 4.98 Å². The van der Waals surface area contributed by atoms with Gasteiger partial charge in [-0.15, -0.1) is 11.8 Å². The van der Waals surface area contributed by atoms with Crippen molar-refractivity contribution in [3.05, 3.63) is 26.9 Å². The van der Waals surface area contributed by atoms with Gasteiger partial charge in [-0.25, -0.2) is 0 Å². The van der Waals surface area contributed by atoms with Crippen molar-refractivity contribution < 1.29 is 0 Å². The average molecular weight is 333 g/mol. The van der Waals surface area contributed by atoms with Gasteiger partial charge in [-0.05, 0) is 44.8 Å². The number of aromatic nitrogens is 1. The molecule has 3 N–H and O–H groups in total. The van der Waals surface area contributed by atoms with Gasteiger partial charge in [-0.3, -0.25) is 16.3 Å². The summed E-state index contributed by atoms with van der Waals surface area (Å²) in [6.45, 7) is 1.80. The number of nitrogens with zero attached hydrogens (tertiary/aromatic N) is 1. The molecule has 1 aromatic heterocycles. The second-order valence-corrected chi connectivity index (χ2v) is 4.64. The van der Waals surface area contributed by atoms with E-state index in [9.17, 15) is 0 Å². The van der Waals surface area contributed by atoms with E-state index in [1.807, 2.05) is 6.07 Å². The van der Waals surface area contributed by atoms with E-state index in [0.717, 1.165) is 14.6 Å². The van der Waals surface area contributed by atoms with Crippen molar-refractivity contribution in [3.63, 3.8) is 0 Å². The van der Waals surface area contributed by atoms with Gasteiger partial charge in [0.1, 0.15) is 0 Å². The fraction of sp³-hybridized carbons (Fsp3) is 0.300. The Labute approximate surface area is 106 Å². The Bertz CT molecular complexity index is 395. The van der Waals surface area contributed by atoms with E-state index in [0.29, 0.717) is 6.42 Å². The maximum absolute atomic E-state index is 5.46. The van der Waals surface area contributed by atoms with Crippen LogP contribution in [0.5, 0.6) is 0 Å². The first kappa shape index (κ1) is 12.7. The summed E-state index contributed by atoms with van der Waals surface area (Å²) in [6.07, 6.45) is 2.38. The summed E-state index contributed by atoms with van der Waals surface area (Å²) in [5.74, 6) is 11.3. The van der Waals surface area contributed by atoms with Crippen molar-refractivity contribution in [2.24, 2.45) is 5.84 Å². The van der Waals surface area contributed by atoms with Gasteiger partial charge in [0.15, 0.2) is 0 Å². The van der Waals surface area contributed by atoms with Gasteiger partial charge >= 0.3 is 0 Å². The van der Waals surface area contributed by atoms with E-state index in [-0.39, 0.29) is 6.04 Å². The smallest absolute Gasteiger partial charge is 0.0752 e. The molecule has 0 bridgehead atoms. The third kappa shape index (κ3) is 3.58. The lowest BCUT2D eigenvalue weighted by molar-refractivity contribution is 0.551. The predicted octanol–water partition coefficient (Wildman–Crippen LogP) is 2.52. The van der Waals surface area contributed by atoms with Gasteiger partial charge < -0.3 is 0 Å². The van der Waals surface area contributed by atoms with E-state index in [1.165, 1.54) is 0 Å². The Morgan fingerprint density at radius 2 is 2.33 bits per heavy atom. The molecule has 0 radical (unpaired) electrons. The molecule has 0 amide bonds. The first-order valence-electron chi connectivity index (χ1n) is 4.35. The van der Waals surface area contributed by atoms with Gasteiger partial charge in [0.05, 0.1) is 11.7 Å². The molecule has 0 aliphatic heterocycles. The SMILES string of the molecule is CC#CCC(NN)c1ncc(Br)cc1Br. The van der Waals surface area contributed by atoms with Crippen molar-refractivity contribution >= 4 is 31.9 Å². The van der Waals surface area contributed by atoms with E-state index < -0.39 is 0 Å². The number of rotatable bonds is 3. The Balaban J connectivity index is 2.94. The molecule has 1 atom stereocenters. The molecular formula is C10H11Br2N3. The van der Waals surface area contributed by atoms with Crippen LogP contribution in [0.3, 0.4) is 0 Å². The minimum absolute atomic E-state index is 0.0556. The molecule has 1 unspecified atom stereocenters. The van der Waals surface area contributed by atoms with Gasteiger partial charge in [0.2, 0.25) is 0 Å². The Hall–Kier alpha value is -0.410. The Kier molecular flexibility index (Phi) is 5.26. The molecule has 80 valence electrons. The van der Waals surface area contributed by atoms with Crippen LogP contribution in [-0.2, 0) is 0 Å². The average Bonchev–Trinajstić information content (AvgIpc) is 2.21. The molecule has 1 heterocycles. The second kappa shape index (κ2) is 6.23. The maximum Gasteiger partial charge on any atom is 0.0752 e. The van der Waals surface area contributed by atoms with Gasteiger partial charge in [0.25, 0.3) is 0 Å². The molecule has 0 spiro atoms. The highest BCUT2D eigenvalue weighted by atomic mass is 79.9. The summed E-state index contributed by atoms with van der Waals surface area (Å²) in [5.41, 5.74) is 3.57. The third-order valence-electron chi connectivity index (χ3n) is 1.85. The standard InChI is InChI=1S/C10H11Br2N3/c1-2-3-4-9(15-13)10-8(12)5-7(11)6-14-10/h5-6,9,15H,4,13H2,1H3. The first-order chi connectivity index (χ1) is 7.19. The monoisotopic (exact) mass is 331 g/mol. The molecule has 0 saturated carbocycles. The number of hydrogen-bond acceptors (Lipinski definition) is 3. The zero-order valence-corrected chi connectivity index (χ0v) is 11.4. The number of pyridine rings is 1. The minimum atomic E-state index is -0.0556. The summed E-state index contributed by atoms with van der Waals surface area (Å²) < 4.78 is 1.84. The van der Waals surface area contributed by atoms with Crippen molar-refractivity contribution in [1.82, 2.24) is 10.4 Å². The van der Waals surface area contributed by atoms with Gasteiger partial charge in [0, 0.05) is 21.6 Å². The number of hydrogen-bond donors (Lipinski definition) is 2. The van der Waals surface area contributed by atoms with Crippen LogP contribution in [0.25, 0.3) is 0 Å². The second-order valence-electron chi connectivity index (χ2n) is 2.87. The molecule has 0 aliphatic rings. The van der Waals surface area contributed by atoms with Crippen LogP contribution in [0.15, 0.2) is 21.2 Å². The molecule has 1 rings (SSSR count). The number of nitrogens with two attached hydrogens (primary N) is 1. The maximum atomic E-state index is 5.46. The van der Waals surface area contributed by atoms with E-state index in [4.69, 9.17) is 5.84 Å². The lowest BCUT2D eigenvalue weighted by Gasteiger charge is -2.13. The summed E-state index contributed by atoms with van der Waals surface area (Å²) in [6, 6.07) is 1.88. The van der Waals surface area contributed by atoms with Crippen LogP contribution in [0.1, 0.15) is 25.1 Å². The van der Waals surface area contributed by atoms with Crippen molar-refractivity contribution in [1.29, 1.82) is 0 Å². The number of nitrogens with one attached hydrogen (secondary N) is 1. The van der Waals surface area contributed by atoms with Crippen LogP contribution in [0.2, 0.25) is 0 Å². The van der Waals surface area contributed by atoms with Crippen LogP contribution >= 0.6 is 31.9 Å². The van der Waals surface area contributed by atoms with Crippen LogP contribution in [0, 0.1) is 11.8 Å². The first-order valence-corrected chi connectivity index (χ1v) is 5.94. The van der Waals surface area contributed by atoms with Crippen LogP contribution < -0.4 is 11.3 Å².